The summed E-state index contributed by atoms with van der Waals surface area (Å²) in [7, 11) is 0. The molecule has 1 aliphatic heterocycles. The Morgan fingerprint density at radius 2 is 1.94 bits per heavy atom. The lowest BCUT2D eigenvalue weighted by Crippen LogP contribution is -2.17. The first-order valence-corrected chi connectivity index (χ1v) is 5.73. The second kappa shape index (κ2) is 4.25. The summed E-state index contributed by atoms with van der Waals surface area (Å²) in [5.74, 6) is 1.59. The third-order valence-corrected chi connectivity index (χ3v) is 2.97. The zero-order valence-electron chi connectivity index (χ0n) is 9.36. The van der Waals surface area contributed by atoms with E-state index in [9.17, 15) is 4.39 Å². The first-order valence-electron chi connectivity index (χ1n) is 5.73. The van der Waals surface area contributed by atoms with Crippen molar-refractivity contribution in [1.29, 1.82) is 0 Å². The van der Waals surface area contributed by atoms with Gasteiger partial charge in [-0.1, -0.05) is 0 Å². The highest BCUT2D eigenvalue weighted by molar-refractivity contribution is 5.55. The van der Waals surface area contributed by atoms with Crippen LogP contribution in [0.2, 0.25) is 0 Å². The molecule has 0 amide bonds. The monoisotopic (exact) mass is 232 g/mol. The Labute approximate surface area is 98.5 Å². The molecule has 4 nitrogen and oxygen atoms in total. The molecule has 3 rings (SSSR count). The maximum Gasteiger partial charge on any atom is 0.164 e. The van der Waals surface area contributed by atoms with Gasteiger partial charge in [0.15, 0.2) is 5.82 Å². The summed E-state index contributed by atoms with van der Waals surface area (Å²) >= 11 is 0. The van der Waals surface area contributed by atoms with Gasteiger partial charge in [0, 0.05) is 31.6 Å². The van der Waals surface area contributed by atoms with Crippen molar-refractivity contribution in [2.75, 3.05) is 13.1 Å². The third kappa shape index (κ3) is 1.93. The van der Waals surface area contributed by atoms with Gasteiger partial charge in [-0.15, -0.1) is 10.2 Å². The molecule has 0 spiro atoms. The lowest BCUT2D eigenvalue weighted by Gasteiger charge is -2.06. The average molecular weight is 232 g/mol. The smallest absolute Gasteiger partial charge is 0.164 e. The molecule has 0 aliphatic carbocycles. The maximum atomic E-state index is 12.9. The first-order chi connectivity index (χ1) is 8.34. The summed E-state index contributed by atoms with van der Waals surface area (Å²) in [6.45, 7) is 2.70. The molecule has 1 aliphatic rings. The Morgan fingerprint density at radius 1 is 1.12 bits per heavy atom. The fourth-order valence-corrected chi connectivity index (χ4v) is 2.08. The van der Waals surface area contributed by atoms with Crippen molar-refractivity contribution < 1.29 is 4.39 Å². The summed E-state index contributed by atoms with van der Waals surface area (Å²) in [6, 6.07) is 6.38. The number of fused-ring (bicyclic) bond motifs is 1. The summed E-state index contributed by atoms with van der Waals surface area (Å²) < 4.78 is 15.0. The van der Waals surface area contributed by atoms with E-state index >= 15 is 0 Å². The normalized spacial score (nSPS) is 15.4. The molecule has 0 saturated carbocycles. The highest BCUT2D eigenvalue weighted by atomic mass is 19.1. The van der Waals surface area contributed by atoms with Gasteiger partial charge in [-0.2, -0.15) is 0 Å². The van der Waals surface area contributed by atoms with Gasteiger partial charge in [-0.25, -0.2) is 4.39 Å². The second-order valence-electron chi connectivity index (χ2n) is 4.10. The van der Waals surface area contributed by atoms with E-state index in [-0.39, 0.29) is 5.82 Å². The number of hydrogen-bond acceptors (Lipinski definition) is 3. The molecule has 2 aromatic rings. The van der Waals surface area contributed by atoms with Gasteiger partial charge < -0.3 is 9.88 Å². The molecule has 2 heterocycles. The Morgan fingerprint density at radius 3 is 2.76 bits per heavy atom. The Kier molecular flexibility index (Phi) is 2.60. The number of hydrogen-bond donors (Lipinski definition) is 1. The van der Waals surface area contributed by atoms with Gasteiger partial charge in [-0.05, 0) is 24.3 Å². The van der Waals surface area contributed by atoms with E-state index in [0.29, 0.717) is 0 Å². The summed E-state index contributed by atoms with van der Waals surface area (Å²) in [5, 5.41) is 11.7. The van der Waals surface area contributed by atoms with E-state index in [1.165, 1.54) is 12.1 Å². The topological polar surface area (TPSA) is 42.7 Å². The van der Waals surface area contributed by atoms with Crippen LogP contribution in [0.15, 0.2) is 24.3 Å². The van der Waals surface area contributed by atoms with Crippen molar-refractivity contribution in [2.24, 2.45) is 0 Å². The molecular weight excluding hydrogens is 219 g/mol. The van der Waals surface area contributed by atoms with Crippen molar-refractivity contribution in [1.82, 2.24) is 20.1 Å². The average Bonchev–Trinajstić information content (AvgIpc) is 2.60. The zero-order chi connectivity index (χ0) is 11.7. The molecule has 17 heavy (non-hydrogen) atoms. The Balaban J connectivity index is 2.03. The van der Waals surface area contributed by atoms with Crippen LogP contribution in [0.3, 0.4) is 0 Å². The van der Waals surface area contributed by atoms with E-state index in [1.807, 2.05) is 0 Å². The Bertz CT molecular complexity index is 518. The highest BCUT2D eigenvalue weighted by Crippen LogP contribution is 2.19. The van der Waals surface area contributed by atoms with Crippen molar-refractivity contribution >= 4 is 0 Å². The molecule has 1 aromatic heterocycles. The van der Waals surface area contributed by atoms with Gasteiger partial charge >= 0.3 is 0 Å². The van der Waals surface area contributed by atoms with Gasteiger partial charge in [0.1, 0.15) is 11.6 Å². The molecule has 0 fully saturated rings. The summed E-state index contributed by atoms with van der Waals surface area (Å²) in [6.07, 6.45) is 0.883. The molecule has 0 saturated heterocycles. The Hall–Kier alpha value is -1.75. The largest absolute Gasteiger partial charge is 0.315 e. The summed E-state index contributed by atoms with van der Waals surface area (Å²) in [4.78, 5) is 0. The quantitative estimate of drug-likeness (QED) is 0.804. The predicted molar refractivity (Wildman–Crippen MR) is 62.0 cm³/mol. The fourth-order valence-electron chi connectivity index (χ4n) is 2.08. The van der Waals surface area contributed by atoms with E-state index < -0.39 is 0 Å². The minimum absolute atomic E-state index is 0.231. The van der Waals surface area contributed by atoms with Crippen molar-refractivity contribution in [2.45, 2.75) is 13.0 Å². The minimum Gasteiger partial charge on any atom is -0.315 e. The molecule has 0 bridgehead atoms. The van der Waals surface area contributed by atoms with Crippen LogP contribution in [0.5, 0.6) is 0 Å². The number of nitrogens with zero attached hydrogens (tertiary/aromatic N) is 3. The molecule has 1 aromatic carbocycles. The zero-order valence-corrected chi connectivity index (χ0v) is 9.36. The number of aromatic nitrogens is 3. The van der Waals surface area contributed by atoms with Gasteiger partial charge in [0.25, 0.3) is 0 Å². The number of halogens is 1. The lowest BCUT2D eigenvalue weighted by atomic mass is 10.2. The van der Waals surface area contributed by atoms with Crippen LogP contribution in [-0.2, 0) is 13.0 Å². The fraction of sp³-hybridized carbons (Fsp3) is 0.333. The summed E-state index contributed by atoms with van der Waals surface area (Å²) in [5.41, 5.74) is 0.909. The van der Waals surface area contributed by atoms with Crippen molar-refractivity contribution in [3.05, 3.63) is 35.9 Å². The third-order valence-electron chi connectivity index (χ3n) is 2.97. The number of benzene rings is 1. The number of rotatable bonds is 1. The SMILES string of the molecule is Fc1ccc(-c2nnc3n2CCNCC3)cc1. The van der Waals surface area contributed by atoms with Crippen LogP contribution in [0, 0.1) is 5.82 Å². The molecule has 0 radical (unpaired) electrons. The van der Waals surface area contributed by atoms with Crippen LogP contribution in [0.1, 0.15) is 5.82 Å². The first kappa shape index (κ1) is 10.4. The van der Waals surface area contributed by atoms with Crippen LogP contribution < -0.4 is 5.32 Å². The van der Waals surface area contributed by atoms with E-state index in [2.05, 4.69) is 20.1 Å². The van der Waals surface area contributed by atoms with E-state index in [1.54, 1.807) is 12.1 Å². The van der Waals surface area contributed by atoms with Crippen LogP contribution in [0.25, 0.3) is 11.4 Å². The molecule has 5 heteroatoms. The molecule has 1 N–H and O–H groups in total. The minimum atomic E-state index is -0.231. The highest BCUT2D eigenvalue weighted by Gasteiger charge is 2.15. The van der Waals surface area contributed by atoms with Gasteiger partial charge in [0.05, 0.1) is 0 Å². The maximum absolute atomic E-state index is 12.9. The van der Waals surface area contributed by atoms with Gasteiger partial charge in [-0.3, -0.25) is 0 Å². The van der Waals surface area contributed by atoms with Crippen molar-refractivity contribution in [3.63, 3.8) is 0 Å². The van der Waals surface area contributed by atoms with E-state index in [4.69, 9.17) is 0 Å². The standard InChI is InChI=1S/C12H13FN4/c13-10-3-1-9(2-4-10)12-16-15-11-5-6-14-7-8-17(11)12/h1-4,14H,5-8H2. The van der Waals surface area contributed by atoms with Crippen LogP contribution >= 0.6 is 0 Å². The molecular formula is C12H13FN4. The van der Waals surface area contributed by atoms with Crippen LogP contribution in [-0.4, -0.2) is 27.9 Å². The van der Waals surface area contributed by atoms with E-state index in [0.717, 1.165) is 43.3 Å². The molecule has 0 unspecified atom stereocenters. The second-order valence-corrected chi connectivity index (χ2v) is 4.10. The van der Waals surface area contributed by atoms with Gasteiger partial charge in [0.2, 0.25) is 0 Å². The lowest BCUT2D eigenvalue weighted by molar-refractivity contribution is 0.627. The van der Waals surface area contributed by atoms with Crippen LogP contribution in [0.4, 0.5) is 4.39 Å². The number of nitrogens with one attached hydrogen (secondary N) is 1. The molecule has 88 valence electrons. The predicted octanol–water partition coefficient (Wildman–Crippen LogP) is 1.23. The van der Waals surface area contributed by atoms with Crippen molar-refractivity contribution in [3.8, 4) is 11.4 Å². The molecule has 0 atom stereocenters.